The molecule has 1 atom stereocenters. The lowest BCUT2D eigenvalue weighted by Gasteiger charge is -2.17. The largest absolute Gasteiger partial charge is 0.349 e. The van der Waals surface area contributed by atoms with Crippen LogP contribution in [0.1, 0.15) is 54.6 Å². The van der Waals surface area contributed by atoms with Gasteiger partial charge in [-0.15, -0.1) is 0 Å². The third-order valence-corrected chi connectivity index (χ3v) is 3.21. The molecule has 0 saturated heterocycles. The summed E-state index contributed by atoms with van der Waals surface area (Å²) in [6.45, 7) is 6.48. The monoisotopic (exact) mass is 272 g/mol. The first-order chi connectivity index (χ1) is 9.62. The summed E-state index contributed by atoms with van der Waals surface area (Å²) in [7, 11) is 0. The van der Waals surface area contributed by atoms with Gasteiger partial charge < -0.3 is 11.1 Å². The number of nitrogens with one attached hydrogen (secondary N) is 1. The zero-order chi connectivity index (χ0) is 15.0. The number of rotatable bonds is 5. The van der Waals surface area contributed by atoms with Crippen LogP contribution in [0.2, 0.25) is 0 Å². The summed E-state index contributed by atoms with van der Waals surface area (Å²) in [5.41, 5.74) is 7.83. The molecule has 1 amide bonds. The minimum absolute atomic E-state index is 0.0460. The molecule has 0 bridgehead atoms. The van der Waals surface area contributed by atoms with E-state index >= 15 is 0 Å². The van der Waals surface area contributed by atoms with Crippen LogP contribution < -0.4 is 11.1 Å². The number of nitrogens with two attached hydrogens (primary N) is 1. The number of carbonyl (C=O) groups excluding carboxylic acids is 1. The molecule has 1 aromatic carbocycles. The number of benzene rings is 1. The summed E-state index contributed by atoms with van der Waals surface area (Å²) in [6.07, 6.45) is 3.00. The first-order valence-corrected chi connectivity index (χ1v) is 7.22. The molecule has 0 heterocycles. The van der Waals surface area contributed by atoms with Crippen LogP contribution in [0.5, 0.6) is 0 Å². The SMILES string of the molecule is CCCC(CC)NC(=O)c1cc(C)ccc1C#CCN. The van der Waals surface area contributed by atoms with Gasteiger partial charge >= 0.3 is 0 Å². The van der Waals surface area contributed by atoms with Gasteiger partial charge in [0.15, 0.2) is 0 Å². The van der Waals surface area contributed by atoms with Crippen molar-refractivity contribution in [1.29, 1.82) is 0 Å². The molecule has 1 rings (SSSR count). The average Bonchev–Trinajstić information content (AvgIpc) is 2.45. The molecule has 1 unspecified atom stereocenters. The first-order valence-electron chi connectivity index (χ1n) is 7.22. The maximum Gasteiger partial charge on any atom is 0.252 e. The zero-order valence-electron chi connectivity index (χ0n) is 12.6. The molecule has 0 aliphatic rings. The maximum atomic E-state index is 12.4. The van der Waals surface area contributed by atoms with E-state index in [9.17, 15) is 4.79 Å². The van der Waals surface area contributed by atoms with Crippen molar-refractivity contribution in [2.24, 2.45) is 5.73 Å². The summed E-state index contributed by atoms with van der Waals surface area (Å²) >= 11 is 0. The second kappa shape index (κ2) is 8.39. The van der Waals surface area contributed by atoms with Gasteiger partial charge in [-0.2, -0.15) is 0 Å². The standard InChI is InChI=1S/C17H24N2O/c1-4-7-15(5-2)19-17(20)16-12-13(3)9-10-14(16)8-6-11-18/h9-10,12,15H,4-5,7,11,18H2,1-3H3,(H,19,20). The molecular weight excluding hydrogens is 248 g/mol. The lowest BCUT2D eigenvalue weighted by Crippen LogP contribution is -2.34. The van der Waals surface area contributed by atoms with Crippen molar-refractivity contribution < 1.29 is 4.79 Å². The number of carbonyl (C=O) groups is 1. The van der Waals surface area contributed by atoms with E-state index in [0.717, 1.165) is 30.4 Å². The van der Waals surface area contributed by atoms with E-state index in [-0.39, 0.29) is 11.9 Å². The van der Waals surface area contributed by atoms with Crippen molar-refractivity contribution in [3.05, 3.63) is 34.9 Å². The van der Waals surface area contributed by atoms with Crippen LogP contribution in [0, 0.1) is 18.8 Å². The van der Waals surface area contributed by atoms with Gasteiger partial charge in [0.05, 0.1) is 12.1 Å². The Morgan fingerprint density at radius 3 is 2.75 bits per heavy atom. The van der Waals surface area contributed by atoms with E-state index in [1.165, 1.54) is 0 Å². The zero-order valence-corrected chi connectivity index (χ0v) is 12.6. The Labute approximate surface area is 121 Å². The fourth-order valence-corrected chi connectivity index (χ4v) is 2.09. The highest BCUT2D eigenvalue weighted by Crippen LogP contribution is 2.12. The van der Waals surface area contributed by atoms with E-state index in [4.69, 9.17) is 5.73 Å². The maximum absolute atomic E-state index is 12.4. The van der Waals surface area contributed by atoms with E-state index in [1.807, 2.05) is 25.1 Å². The summed E-state index contributed by atoms with van der Waals surface area (Å²) in [5.74, 6) is 5.73. The van der Waals surface area contributed by atoms with Crippen LogP contribution in [0.25, 0.3) is 0 Å². The summed E-state index contributed by atoms with van der Waals surface area (Å²) < 4.78 is 0. The molecule has 0 fully saturated rings. The van der Waals surface area contributed by atoms with Crippen molar-refractivity contribution in [1.82, 2.24) is 5.32 Å². The van der Waals surface area contributed by atoms with Crippen LogP contribution in [0.4, 0.5) is 0 Å². The van der Waals surface area contributed by atoms with Gasteiger partial charge in [-0.3, -0.25) is 4.79 Å². The fourth-order valence-electron chi connectivity index (χ4n) is 2.09. The van der Waals surface area contributed by atoms with Crippen molar-refractivity contribution in [3.63, 3.8) is 0 Å². The lowest BCUT2D eigenvalue weighted by atomic mass is 10.0. The normalized spacial score (nSPS) is 11.4. The molecule has 0 saturated carbocycles. The highest BCUT2D eigenvalue weighted by Gasteiger charge is 2.14. The van der Waals surface area contributed by atoms with Crippen molar-refractivity contribution >= 4 is 5.91 Å². The smallest absolute Gasteiger partial charge is 0.252 e. The molecular formula is C17H24N2O. The molecule has 0 aromatic heterocycles. The van der Waals surface area contributed by atoms with Crippen LogP contribution >= 0.6 is 0 Å². The molecule has 1 aromatic rings. The number of hydrogen-bond acceptors (Lipinski definition) is 2. The van der Waals surface area contributed by atoms with Crippen LogP contribution in [0.3, 0.4) is 0 Å². The number of aryl methyl sites for hydroxylation is 1. The fraction of sp³-hybridized carbons (Fsp3) is 0.471. The summed E-state index contributed by atoms with van der Waals surface area (Å²) in [6, 6.07) is 5.95. The highest BCUT2D eigenvalue weighted by atomic mass is 16.1. The Balaban J connectivity index is 2.98. The molecule has 0 radical (unpaired) electrons. The Morgan fingerprint density at radius 1 is 1.40 bits per heavy atom. The third kappa shape index (κ3) is 4.71. The Hall–Kier alpha value is -1.79. The van der Waals surface area contributed by atoms with Crippen LogP contribution in [0.15, 0.2) is 18.2 Å². The van der Waals surface area contributed by atoms with E-state index in [1.54, 1.807) is 0 Å². The molecule has 0 aliphatic carbocycles. The first kappa shape index (κ1) is 16.3. The third-order valence-electron chi connectivity index (χ3n) is 3.21. The van der Waals surface area contributed by atoms with E-state index in [0.29, 0.717) is 12.1 Å². The minimum Gasteiger partial charge on any atom is -0.349 e. The predicted molar refractivity (Wildman–Crippen MR) is 83.6 cm³/mol. The Morgan fingerprint density at radius 2 is 2.15 bits per heavy atom. The van der Waals surface area contributed by atoms with E-state index < -0.39 is 0 Å². The van der Waals surface area contributed by atoms with Crippen LogP contribution in [-0.4, -0.2) is 18.5 Å². The number of hydrogen-bond donors (Lipinski definition) is 2. The molecule has 0 spiro atoms. The van der Waals surface area contributed by atoms with Crippen molar-refractivity contribution in [2.45, 2.75) is 46.1 Å². The Bertz CT molecular complexity index is 511. The van der Waals surface area contributed by atoms with Gasteiger partial charge in [-0.1, -0.05) is 43.7 Å². The van der Waals surface area contributed by atoms with Gasteiger partial charge in [0.25, 0.3) is 5.91 Å². The van der Waals surface area contributed by atoms with Gasteiger partial charge in [0.2, 0.25) is 0 Å². The summed E-state index contributed by atoms with van der Waals surface area (Å²) in [5, 5.41) is 3.09. The average molecular weight is 272 g/mol. The molecule has 20 heavy (non-hydrogen) atoms. The molecule has 108 valence electrons. The van der Waals surface area contributed by atoms with E-state index in [2.05, 4.69) is 31.0 Å². The molecule has 0 aliphatic heterocycles. The lowest BCUT2D eigenvalue weighted by molar-refractivity contribution is 0.0933. The molecule has 3 N–H and O–H groups in total. The summed E-state index contributed by atoms with van der Waals surface area (Å²) in [4.78, 5) is 12.4. The highest BCUT2D eigenvalue weighted by molar-refractivity contribution is 5.97. The predicted octanol–water partition coefficient (Wildman–Crippen LogP) is 2.61. The van der Waals surface area contributed by atoms with Crippen molar-refractivity contribution in [3.8, 4) is 11.8 Å². The second-order valence-electron chi connectivity index (χ2n) is 4.92. The quantitative estimate of drug-likeness (QED) is 0.810. The molecule has 3 nitrogen and oxygen atoms in total. The second-order valence-corrected chi connectivity index (χ2v) is 4.92. The van der Waals surface area contributed by atoms with Gasteiger partial charge in [-0.05, 0) is 31.9 Å². The van der Waals surface area contributed by atoms with Crippen LogP contribution in [-0.2, 0) is 0 Å². The van der Waals surface area contributed by atoms with Gasteiger partial charge in [0.1, 0.15) is 0 Å². The van der Waals surface area contributed by atoms with Gasteiger partial charge in [-0.25, -0.2) is 0 Å². The topological polar surface area (TPSA) is 55.1 Å². The Kier molecular flexibility index (Phi) is 6.83. The molecule has 3 heteroatoms. The minimum atomic E-state index is -0.0460. The van der Waals surface area contributed by atoms with Gasteiger partial charge in [0, 0.05) is 11.6 Å². The van der Waals surface area contributed by atoms with Crippen molar-refractivity contribution in [2.75, 3.05) is 6.54 Å². The number of amides is 1.